The van der Waals surface area contributed by atoms with Crippen LogP contribution < -0.4 is 4.90 Å². The fraction of sp³-hybridized carbons (Fsp3) is 0.120. The van der Waals surface area contributed by atoms with Crippen LogP contribution in [-0.2, 0) is 9.53 Å². The number of hydrogen-bond donors (Lipinski definition) is 0. The number of ether oxygens (including phenoxy) is 1. The Kier molecular flexibility index (Phi) is 6.01. The van der Waals surface area contributed by atoms with E-state index in [1.807, 2.05) is 0 Å². The van der Waals surface area contributed by atoms with Crippen LogP contribution in [-0.4, -0.2) is 41.5 Å². The number of rotatable bonds is 6. The van der Waals surface area contributed by atoms with Gasteiger partial charge in [-0.15, -0.1) is 0 Å². The first kappa shape index (κ1) is 22.5. The Morgan fingerprint density at radius 2 is 1.50 bits per heavy atom. The predicted molar refractivity (Wildman–Crippen MR) is 121 cm³/mol. The van der Waals surface area contributed by atoms with Gasteiger partial charge in [0, 0.05) is 28.9 Å². The summed E-state index contributed by atoms with van der Waals surface area (Å²) < 4.78 is 5.08. The van der Waals surface area contributed by atoms with Crippen LogP contribution in [0.1, 0.15) is 49.1 Å². The van der Waals surface area contributed by atoms with E-state index >= 15 is 0 Å². The summed E-state index contributed by atoms with van der Waals surface area (Å²) in [4.78, 5) is 63.6. The van der Waals surface area contributed by atoms with Gasteiger partial charge in [-0.2, -0.15) is 0 Å². The summed E-state index contributed by atoms with van der Waals surface area (Å²) >= 11 is 0. The first-order valence-electron chi connectivity index (χ1n) is 10.4. The minimum absolute atomic E-state index is 0.0187. The number of esters is 1. The highest BCUT2D eigenvalue weighted by Gasteiger charge is 2.39. The van der Waals surface area contributed by atoms with Crippen molar-refractivity contribution in [2.45, 2.75) is 6.92 Å². The van der Waals surface area contributed by atoms with Crippen molar-refractivity contribution < 1.29 is 28.8 Å². The average Bonchev–Trinajstić information content (AvgIpc) is 2.86. The lowest BCUT2D eigenvalue weighted by Crippen LogP contribution is -2.34. The number of nitrogens with zero attached hydrogens (tertiary/aromatic N) is 2. The highest BCUT2D eigenvalue weighted by atomic mass is 16.6. The number of nitro groups is 1. The number of likely N-dealkylation sites (N-methyl/N-ethyl adjacent to an activating group) is 1. The third-order valence-electron chi connectivity index (χ3n) is 5.48. The lowest BCUT2D eigenvalue weighted by Gasteiger charge is -2.21. The SMILES string of the molecule is CCN(C(=O)COC(=O)c1ccc2c(c1[N+](=O)[O-])C(=O)c1ccccc1C2=O)c1ccccc1. The Morgan fingerprint density at radius 3 is 2.12 bits per heavy atom. The summed E-state index contributed by atoms with van der Waals surface area (Å²) in [5.41, 5.74) is -1.20. The van der Waals surface area contributed by atoms with Crippen LogP contribution in [0.15, 0.2) is 66.7 Å². The van der Waals surface area contributed by atoms with Crippen LogP contribution in [0.3, 0.4) is 0 Å². The Balaban J connectivity index is 1.64. The second-order valence-electron chi connectivity index (χ2n) is 7.39. The van der Waals surface area contributed by atoms with Gasteiger partial charge in [0.05, 0.1) is 4.92 Å². The minimum atomic E-state index is -1.15. The molecule has 0 atom stereocenters. The minimum Gasteiger partial charge on any atom is -0.452 e. The Morgan fingerprint density at radius 1 is 0.882 bits per heavy atom. The molecule has 0 fully saturated rings. The number of amides is 1. The van der Waals surface area contributed by atoms with Crippen molar-refractivity contribution >= 4 is 34.8 Å². The van der Waals surface area contributed by atoms with Crippen molar-refractivity contribution in [3.8, 4) is 0 Å². The monoisotopic (exact) mass is 458 g/mol. The van der Waals surface area contributed by atoms with Crippen LogP contribution in [0.2, 0.25) is 0 Å². The maximum Gasteiger partial charge on any atom is 0.345 e. The summed E-state index contributed by atoms with van der Waals surface area (Å²) in [5.74, 6) is -2.96. The molecule has 170 valence electrons. The van der Waals surface area contributed by atoms with Gasteiger partial charge < -0.3 is 9.64 Å². The van der Waals surface area contributed by atoms with Crippen molar-refractivity contribution in [1.29, 1.82) is 0 Å². The number of nitro benzene ring substituents is 1. The van der Waals surface area contributed by atoms with Crippen LogP contribution >= 0.6 is 0 Å². The zero-order chi connectivity index (χ0) is 24.4. The molecule has 0 N–H and O–H groups in total. The number of para-hydroxylation sites is 1. The van der Waals surface area contributed by atoms with Gasteiger partial charge in [0.2, 0.25) is 5.78 Å². The molecule has 0 spiro atoms. The summed E-state index contributed by atoms with van der Waals surface area (Å²) in [5, 5.41) is 11.9. The van der Waals surface area contributed by atoms with Crippen molar-refractivity contribution in [2.24, 2.45) is 0 Å². The molecule has 1 aliphatic rings. The van der Waals surface area contributed by atoms with Gasteiger partial charge in [0.1, 0.15) is 11.1 Å². The molecule has 1 amide bonds. The van der Waals surface area contributed by atoms with Crippen molar-refractivity contribution in [2.75, 3.05) is 18.1 Å². The van der Waals surface area contributed by atoms with Gasteiger partial charge in [0.25, 0.3) is 11.6 Å². The normalized spacial score (nSPS) is 11.9. The van der Waals surface area contributed by atoms with Crippen molar-refractivity contribution in [3.05, 3.63) is 105 Å². The van der Waals surface area contributed by atoms with E-state index in [1.165, 1.54) is 29.2 Å². The quantitative estimate of drug-likeness (QED) is 0.246. The zero-order valence-corrected chi connectivity index (χ0v) is 18.0. The lowest BCUT2D eigenvalue weighted by molar-refractivity contribution is -0.385. The molecule has 9 heteroatoms. The summed E-state index contributed by atoms with van der Waals surface area (Å²) in [7, 11) is 0. The third-order valence-corrected chi connectivity index (χ3v) is 5.48. The van der Waals surface area contributed by atoms with Crippen LogP contribution in [0.4, 0.5) is 11.4 Å². The average molecular weight is 458 g/mol. The molecule has 4 rings (SSSR count). The third kappa shape index (κ3) is 3.83. The van der Waals surface area contributed by atoms with Crippen LogP contribution in [0.5, 0.6) is 0 Å². The first-order valence-corrected chi connectivity index (χ1v) is 10.4. The van der Waals surface area contributed by atoms with E-state index in [0.29, 0.717) is 12.2 Å². The highest BCUT2D eigenvalue weighted by molar-refractivity contribution is 6.30. The van der Waals surface area contributed by atoms with Crippen LogP contribution in [0, 0.1) is 10.1 Å². The number of carbonyl (C=O) groups excluding carboxylic acids is 4. The topological polar surface area (TPSA) is 124 Å². The van der Waals surface area contributed by atoms with E-state index in [1.54, 1.807) is 43.3 Å². The zero-order valence-electron chi connectivity index (χ0n) is 18.0. The summed E-state index contributed by atoms with van der Waals surface area (Å²) in [6, 6.07) is 17.0. The van der Waals surface area contributed by atoms with Crippen molar-refractivity contribution in [1.82, 2.24) is 0 Å². The van der Waals surface area contributed by atoms with Gasteiger partial charge in [-0.05, 0) is 31.2 Å². The van der Waals surface area contributed by atoms with E-state index in [4.69, 9.17) is 4.74 Å². The molecule has 3 aromatic carbocycles. The molecule has 0 saturated carbocycles. The number of anilines is 1. The number of benzene rings is 3. The molecule has 0 saturated heterocycles. The molecule has 0 radical (unpaired) electrons. The number of ketones is 2. The van der Waals surface area contributed by atoms with Crippen LogP contribution in [0.25, 0.3) is 0 Å². The molecule has 0 aromatic heterocycles. The highest BCUT2D eigenvalue weighted by Crippen LogP contribution is 2.35. The first-order chi connectivity index (χ1) is 16.3. The van der Waals surface area contributed by atoms with E-state index in [9.17, 15) is 29.3 Å². The standard InChI is InChI=1S/C25H18N2O7/c1-2-26(15-8-4-3-5-9-15)20(28)14-34-25(31)19-13-12-18-21(22(19)27(32)33)24(30)17-11-7-6-10-16(17)23(18)29/h3-13H,2,14H2,1H3. The van der Waals surface area contributed by atoms with E-state index < -0.39 is 51.8 Å². The van der Waals surface area contributed by atoms with Gasteiger partial charge in [-0.1, -0.05) is 42.5 Å². The molecule has 3 aromatic rings. The molecule has 9 nitrogen and oxygen atoms in total. The van der Waals surface area contributed by atoms with Gasteiger partial charge >= 0.3 is 5.97 Å². The Bertz CT molecular complexity index is 1350. The molecule has 34 heavy (non-hydrogen) atoms. The van der Waals surface area contributed by atoms with Gasteiger partial charge in [0.15, 0.2) is 12.4 Å². The smallest absolute Gasteiger partial charge is 0.345 e. The maximum absolute atomic E-state index is 13.0. The second-order valence-corrected chi connectivity index (χ2v) is 7.39. The Labute approximate surface area is 193 Å². The maximum atomic E-state index is 13.0. The molecule has 1 aliphatic carbocycles. The molecule has 0 heterocycles. The number of hydrogen-bond acceptors (Lipinski definition) is 7. The molecular weight excluding hydrogens is 440 g/mol. The van der Waals surface area contributed by atoms with E-state index in [2.05, 4.69) is 0 Å². The predicted octanol–water partition coefficient (Wildman–Crippen LogP) is 3.58. The molecule has 0 unspecified atom stereocenters. The fourth-order valence-electron chi connectivity index (χ4n) is 3.92. The van der Waals surface area contributed by atoms with E-state index in [-0.39, 0.29) is 16.7 Å². The number of carbonyl (C=O) groups is 4. The lowest BCUT2D eigenvalue weighted by atomic mass is 9.82. The Hall–Kier alpha value is -4.66. The van der Waals surface area contributed by atoms with Crippen molar-refractivity contribution in [3.63, 3.8) is 0 Å². The summed E-state index contributed by atoms with van der Waals surface area (Å²) in [6.07, 6.45) is 0. The number of fused-ring (bicyclic) bond motifs is 2. The molecular formula is C25H18N2O7. The summed E-state index contributed by atoms with van der Waals surface area (Å²) in [6.45, 7) is 1.41. The largest absolute Gasteiger partial charge is 0.452 e. The van der Waals surface area contributed by atoms with Gasteiger partial charge in [-0.25, -0.2) is 4.79 Å². The molecule has 0 bridgehead atoms. The molecule has 0 aliphatic heterocycles. The fourth-order valence-corrected chi connectivity index (χ4v) is 3.92. The second kappa shape index (κ2) is 9.07. The van der Waals surface area contributed by atoms with E-state index in [0.717, 1.165) is 6.07 Å². The van der Waals surface area contributed by atoms with Gasteiger partial charge in [-0.3, -0.25) is 24.5 Å².